The zero-order chi connectivity index (χ0) is 18.8. The molecule has 5 nitrogen and oxygen atoms in total. The summed E-state index contributed by atoms with van der Waals surface area (Å²) in [5.41, 5.74) is 4.41. The van der Waals surface area contributed by atoms with E-state index in [9.17, 15) is 4.79 Å². The van der Waals surface area contributed by atoms with Crippen LogP contribution < -0.4 is 10.4 Å². The summed E-state index contributed by atoms with van der Waals surface area (Å²) in [6.07, 6.45) is 1.98. The minimum absolute atomic E-state index is 0.00722. The second-order valence-corrected chi connectivity index (χ2v) is 7.56. The number of fused-ring (bicyclic) bond motifs is 1. The Balaban J connectivity index is 1.32. The van der Waals surface area contributed by atoms with E-state index >= 15 is 0 Å². The highest BCUT2D eigenvalue weighted by Gasteiger charge is 2.23. The summed E-state index contributed by atoms with van der Waals surface area (Å²) in [5, 5.41) is 0. The van der Waals surface area contributed by atoms with Gasteiger partial charge in [0, 0.05) is 25.7 Å². The van der Waals surface area contributed by atoms with Crippen molar-refractivity contribution >= 4 is 11.0 Å². The number of nitrogens with one attached hydrogen (secondary N) is 1. The largest absolute Gasteiger partial charge is 0.492 e. The number of likely N-dealkylation sites (tertiary alicyclic amines) is 1. The summed E-state index contributed by atoms with van der Waals surface area (Å²) in [6.45, 7) is 7.79. The van der Waals surface area contributed by atoms with E-state index < -0.39 is 0 Å². The molecule has 0 atom stereocenters. The van der Waals surface area contributed by atoms with Crippen LogP contribution in [0, 0.1) is 13.8 Å². The zero-order valence-corrected chi connectivity index (χ0v) is 16.1. The molecular weight excluding hydrogens is 338 g/mol. The van der Waals surface area contributed by atoms with E-state index in [4.69, 9.17) is 4.74 Å². The number of ether oxygens (including phenoxy) is 1. The maximum Gasteiger partial charge on any atom is 0.326 e. The van der Waals surface area contributed by atoms with Crippen molar-refractivity contribution in [3.05, 3.63) is 64.1 Å². The number of piperidine rings is 1. The molecule has 0 aliphatic carbocycles. The summed E-state index contributed by atoms with van der Waals surface area (Å²) in [5.74, 6) is 0.952. The fourth-order valence-corrected chi connectivity index (χ4v) is 4.15. The molecule has 3 aromatic rings. The maximum absolute atomic E-state index is 12.4. The first-order valence-electron chi connectivity index (χ1n) is 9.73. The summed E-state index contributed by atoms with van der Waals surface area (Å²) in [4.78, 5) is 17.8. The Kier molecular flexibility index (Phi) is 5.03. The van der Waals surface area contributed by atoms with E-state index in [1.54, 1.807) is 0 Å². The highest BCUT2D eigenvalue weighted by atomic mass is 16.5. The first-order valence-corrected chi connectivity index (χ1v) is 9.73. The number of nitrogens with zero attached hydrogens (tertiary/aromatic N) is 2. The Morgan fingerprint density at radius 2 is 1.78 bits per heavy atom. The van der Waals surface area contributed by atoms with Crippen LogP contribution in [0.15, 0.2) is 47.3 Å². The number of hydrogen-bond donors (Lipinski definition) is 1. The van der Waals surface area contributed by atoms with Crippen molar-refractivity contribution in [3.63, 3.8) is 0 Å². The quantitative estimate of drug-likeness (QED) is 0.751. The third kappa shape index (κ3) is 3.93. The number of imidazole rings is 1. The van der Waals surface area contributed by atoms with Gasteiger partial charge >= 0.3 is 5.69 Å². The van der Waals surface area contributed by atoms with Gasteiger partial charge in [0.05, 0.1) is 11.0 Å². The van der Waals surface area contributed by atoms with E-state index in [1.807, 2.05) is 28.8 Å². The van der Waals surface area contributed by atoms with E-state index in [1.165, 1.54) is 11.1 Å². The topological polar surface area (TPSA) is 50.3 Å². The highest BCUT2D eigenvalue weighted by molar-refractivity contribution is 5.75. The molecule has 2 heterocycles. The standard InChI is InChI=1S/C22H27N3O2/c1-16-13-17(2)15-19(14-16)27-12-11-24-9-7-18(8-10-24)25-21-6-4-3-5-20(21)23-22(25)26/h3-6,13-15,18H,7-12H2,1-2H3,(H,23,26). The van der Waals surface area contributed by atoms with Crippen molar-refractivity contribution < 1.29 is 4.74 Å². The van der Waals surface area contributed by atoms with Gasteiger partial charge in [0.2, 0.25) is 0 Å². The number of aromatic amines is 1. The van der Waals surface area contributed by atoms with Crippen LogP contribution in [0.3, 0.4) is 0 Å². The maximum atomic E-state index is 12.4. The number of aryl methyl sites for hydroxylation is 2. The molecule has 4 rings (SSSR count). The SMILES string of the molecule is Cc1cc(C)cc(OCCN2CCC(n3c(=O)[nH]c4ccccc43)CC2)c1. The Bertz CT molecular complexity index is 960. The molecule has 1 N–H and O–H groups in total. The van der Waals surface area contributed by atoms with Gasteiger partial charge in [-0.1, -0.05) is 18.2 Å². The van der Waals surface area contributed by atoms with Crippen molar-refractivity contribution in [2.24, 2.45) is 0 Å². The molecule has 0 spiro atoms. The molecule has 0 radical (unpaired) electrons. The van der Waals surface area contributed by atoms with Gasteiger partial charge in [-0.3, -0.25) is 9.47 Å². The number of para-hydroxylation sites is 2. The molecule has 2 aromatic carbocycles. The number of H-pyrrole nitrogens is 1. The van der Waals surface area contributed by atoms with Gasteiger partial charge < -0.3 is 9.72 Å². The van der Waals surface area contributed by atoms with Crippen LogP contribution in [0.2, 0.25) is 0 Å². The van der Waals surface area contributed by atoms with Gasteiger partial charge in [0.1, 0.15) is 12.4 Å². The molecule has 1 aliphatic rings. The minimum atomic E-state index is 0.00722. The average molecular weight is 365 g/mol. The van der Waals surface area contributed by atoms with Gasteiger partial charge in [-0.2, -0.15) is 0 Å². The molecule has 1 fully saturated rings. The molecule has 0 saturated carbocycles. The molecule has 27 heavy (non-hydrogen) atoms. The van der Waals surface area contributed by atoms with E-state index in [-0.39, 0.29) is 11.7 Å². The first-order chi connectivity index (χ1) is 13.1. The summed E-state index contributed by atoms with van der Waals surface area (Å²) in [6, 6.07) is 14.5. The Morgan fingerprint density at radius 1 is 1.07 bits per heavy atom. The monoisotopic (exact) mass is 365 g/mol. The number of aromatic nitrogens is 2. The molecule has 1 aliphatic heterocycles. The van der Waals surface area contributed by atoms with Gasteiger partial charge in [0.15, 0.2) is 0 Å². The lowest BCUT2D eigenvalue weighted by Crippen LogP contribution is -2.38. The van der Waals surface area contributed by atoms with Crippen molar-refractivity contribution in [2.45, 2.75) is 32.7 Å². The summed E-state index contributed by atoms with van der Waals surface area (Å²) in [7, 11) is 0. The number of rotatable bonds is 5. The molecule has 142 valence electrons. The zero-order valence-electron chi connectivity index (χ0n) is 16.1. The molecular formula is C22H27N3O2. The lowest BCUT2D eigenvalue weighted by atomic mass is 10.0. The predicted molar refractivity (Wildman–Crippen MR) is 109 cm³/mol. The Hall–Kier alpha value is -2.53. The molecule has 1 saturated heterocycles. The fourth-order valence-electron chi connectivity index (χ4n) is 4.15. The average Bonchev–Trinajstić information content (AvgIpc) is 2.97. The normalized spacial score (nSPS) is 16.1. The molecule has 0 bridgehead atoms. The van der Waals surface area contributed by atoms with E-state index in [2.05, 4.69) is 41.9 Å². The van der Waals surface area contributed by atoms with E-state index in [0.29, 0.717) is 6.61 Å². The predicted octanol–water partition coefficient (Wildman–Crippen LogP) is 3.66. The smallest absolute Gasteiger partial charge is 0.326 e. The van der Waals surface area contributed by atoms with Gasteiger partial charge in [0.25, 0.3) is 0 Å². The van der Waals surface area contributed by atoms with Crippen molar-refractivity contribution in [2.75, 3.05) is 26.2 Å². The van der Waals surface area contributed by atoms with Crippen LogP contribution in [-0.2, 0) is 0 Å². The van der Waals surface area contributed by atoms with Crippen LogP contribution in [0.25, 0.3) is 11.0 Å². The van der Waals surface area contributed by atoms with Crippen LogP contribution in [0.5, 0.6) is 5.75 Å². The van der Waals surface area contributed by atoms with Gasteiger partial charge in [-0.25, -0.2) is 4.79 Å². The second-order valence-electron chi connectivity index (χ2n) is 7.56. The first kappa shape index (κ1) is 17.9. The van der Waals surface area contributed by atoms with Crippen molar-refractivity contribution in [3.8, 4) is 5.75 Å². The van der Waals surface area contributed by atoms with Crippen molar-refractivity contribution in [1.29, 1.82) is 0 Å². The lowest BCUT2D eigenvalue weighted by Gasteiger charge is -2.32. The van der Waals surface area contributed by atoms with Gasteiger partial charge in [-0.05, 0) is 62.1 Å². The lowest BCUT2D eigenvalue weighted by molar-refractivity contribution is 0.157. The second kappa shape index (κ2) is 7.61. The molecule has 0 amide bonds. The van der Waals surface area contributed by atoms with Crippen LogP contribution in [0.1, 0.15) is 30.0 Å². The third-order valence-corrected chi connectivity index (χ3v) is 5.42. The Morgan fingerprint density at radius 3 is 2.52 bits per heavy atom. The van der Waals surface area contributed by atoms with Crippen LogP contribution in [-0.4, -0.2) is 40.7 Å². The molecule has 0 unspecified atom stereocenters. The number of hydrogen-bond acceptors (Lipinski definition) is 3. The minimum Gasteiger partial charge on any atom is -0.492 e. The third-order valence-electron chi connectivity index (χ3n) is 5.42. The summed E-state index contributed by atoms with van der Waals surface area (Å²) >= 11 is 0. The van der Waals surface area contributed by atoms with Crippen LogP contribution >= 0.6 is 0 Å². The Labute approximate surface area is 159 Å². The van der Waals surface area contributed by atoms with E-state index in [0.717, 1.165) is 49.3 Å². The van der Waals surface area contributed by atoms with Crippen molar-refractivity contribution in [1.82, 2.24) is 14.5 Å². The van der Waals surface area contributed by atoms with Crippen LogP contribution in [0.4, 0.5) is 0 Å². The fraction of sp³-hybridized carbons (Fsp3) is 0.409. The number of benzene rings is 2. The summed E-state index contributed by atoms with van der Waals surface area (Å²) < 4.78 is 7.89. The molecule has 5 heteroatoms. The molecule has 1 aromatic heterocycles. The van der Waals surface area contributed by atoms with Gasteiger partial charge in [-0.15, -0.1) is 0 Å². The highest BCUT2D eigenvalue weighted by Crippen LogP contribution is 2.24.